The van der Waals surface area contributed by atoms with Gasteiger partial charge in [-0.25, -0.2) is 19.2 Å². The van der Waals surface area contributed by atoms with Gasteiger partial charge in [0.15, 0.2) is 0 Å². The number of esters is 2. The quantitative estimate of drug-likeness (QED) is 0.179. The normalized spacial score (nSPS) is 13.5. The Kier molecular flexibility index (Phi) is 12.9. The monoisotopic (exact) mass is 470 g/mol. The smallest absolute Gasteiger partial charge is 0.410 e. The second-order valence-corrected chi connectivity index (χ2v) is 8.49. The van der Waals surface area contributed by atoms with E-state index >= 15 is 0 Å². The predicted octanol–water partition coefficient (Wildman–Crippen LogP) is 3.95. The summed E-state index contributed by atoms with van der Waals surface area (Å²) in [5.41, 5.74) is -0.154. The maximum Gasteiger partial charge on any atom is 0.410 e. The van der Waals surface area contributed by atoms with E-state index in [1.807, 2.05) is 20.8 Å². The van der Waals surface area contributed by atoms with E-state index in [0.29, 0.717) is 13.0 Å². The molecule has 188 valence electrons. The van der Waals surface area contributed by atoms with E-state index in [2.05, 4.69) is 23.8 Å². The van der Waals surface area contributed by atoms with Crippen LogP contribution in [0.4, 0.5) is 9.59 Å². The first kappa shape index (κ1) is 30.0. The van der Waals surface area contributed by atoms with Gasteiger partial charge in [0.2, 0.25) is 12.6 Å². The number of carbonyl (C=O) groups is 4. The fourth-order valence-electron chi connectivity index (χ4n) is 2.44. The second kappa shape index (κ2) is 14.2. The zero-order valence-electron chi connectivity index (χ0n) is 20.7. The average molecular weight is 471 g/mol. The maximum atomic E-state index is 12.1. The molecule has 10 nitrogen and oxygen atoms in total. The highest BCUT2D eigenvalue weighted by Gasteiger charge is 2.29. The summed E-state index contributed by atoms with van der Waals surface area (Å²) in [5.74, 6) is -1.18. The van der Waals surface area contributed by atoms with Crippen LogP contribution in [0, 0.1) is 5.92 Å². The summed E-state index contributed by atoms with van der Waals surface area (Å²) in [5, 5.41) is 5.37. The predicted molar refractivity (Wildman–Crippen MR) is 122 cm³/mol. The largest absolute Gasteiger partial charge is 0.422 e. The van der Waals surface area contributed by atoms with E-state index in [4.69, 9.17) is 18.9 Å². The molecule has 0 fully saturated rings. The molecular formula is C23H38N2O8. The van der Waals surface area contributed by atoms with E-state index in [-0.39, 0.29) is 17.1 Å². The number of unbranched alkanes of at least 4 members (excludes halogenated alkanes) is 1. The van der Waals surface area contributed by atoms with Crippen LogP contribution in [0.1, 0.15) is 67.7 Å². The van der Waals surface area contributed by atoms with Crippen LogP contribution in [-0.4, -0.2) is 48.8 Å². The Bertz CT molecular complexity index is 732. The molecule has 2 amide bonds. The van der Waals surface area contributed by atoms with Crippen LogP contribution < -0.4 is 10.6 Å². The molecule has 0 aromatic heterocycles. The lowest BCUT2D eigenvalue weighted by molar-refractivity contribution is -0.161. The number of ether oxygens (including phenoxy) is 4. The first-order chi connectivity index (χ1) is 15.2. The first-order valence-electron chi connectivity index (χ1n) is 10.8. The molecule has 10 heteroatoms. The van der Waals surface area contributed by atoms with E-state index in [1.165, 1.54) is 27.7 Å². The Morgan fingerprint density at radius 3 is 1.70 bits per heavy atom. The van der Waals surface area contributed by atoms with Gasteiger partial charge in [-0.3, -0.25) is 0 Å². The van der Waals surface area contributed by atoms with E-state index in [0.717, 1.165) is 12.8 Å². The number of rotatable bonds is 13. The molecule has 0 spiro atoms. The fraction of sp³-hybridized carbons (Fsp3) is 0.652. The summed E-state index contributed by atoms with van der Waals surface area (Å²) in [4.78, 5) is 46.7. The van der Waals surface area contributed by atoms with Gasteiger partial charge in [0.25, 0.3) is 0 Å². The molecule has 0 aromatic rings. The van der Waals surface area contributed by atoms with Crippen molar-refractivity contribution in [3.63, 3.8) is 0 Å². The van der Waals surface area contributed by atoms with Gasteiger partial charge in [-0.05, 0) is 46.5 Å². The van der Waals surface area contributed by atoms with Crippen LogP contribution in [0.25, 0.3) is 0 Å². The van der Waals surface area contributed by atoms with Crippen molar-refractivity contribution < 1.29 is 38.1 Å². The van der Waals surface area contributed by atoms with E-state index in [1.54, 1.807) is 0 Å². The zero-order valence-corrected chi connectivity index (χ0v) is 20.7. The number of alkyl carbamates (subject to hydrolysis) is 2. The fourth-order valence-corrected chi connectivity index (χ4v) is 2.44. The number of hydrogen-bond donors (Lipinski definition) is 2. The number of nitrogens with one attached hydrogen (secondary N) is 2. The molecule has 3 unspecified atom stereocenters. The lowest BCUT2D eigenvalue weighted by Crippen LogP contribution is -2.49. The second-order valence-electron chi connectivity index (χ2n) is 8.49. The third-order valence-corrected chi connectivity index (χ3v) is 4.78. The summed E-state index contributed by atoms with van der Waals surface area (Å²) in [6.07, 6.45) is -1.19. The van der Waals surface area contributed by atoms with Gasteiger partial charge < -0.3 is 29.6 Å². The molecule has 0 aromatic carbocycles. The highest BCUT2D eigenvalue weighted by Crippen LogP contribution is 2.22. The molecule has 2 N–H and O–H groups in total. The third-order valence-electron chi connectivity index (χ3n) is 4.78. The molecule has 33 heavy (non-hydrogen) atoms. The summed E-state index contributed by atoms with van der Waals surface area (Å²) < 4.78 is 19.8. The highest BCUT2D eigenvalue weighted by molar-refractivity contribution is 5.87. The van der Waals surface area contributed by atoms with Crippen molar-refractivity contribution in [1.29, 1.82) is 0 Å². The molecule has 0 bridgehead atoms. The molecule has 0 rings (SSSR count). The minimum absolute atomic E-state index is 0.0897. The van der Waals surface area contributed by atoms with Gasteiger partial charge in [-0.2, -0.15) is 0 Å². The Morgan fingerprint density at radius 2 is 1.24 bits per heavy atom. The van der Waals surface area contributed by atoms with Crippen molar-refractivity contribution in [2.24, 2.45) is 5.92 Å². The zero-order chi connectivity index (χ0) is 25.8. The minimum atomic E-state index is -1.04. The SMILES string of the molecule is C=C(C)C(=O)OC(C)OC(=O)NCCCCC(C)C(C)(C)NC(=O)OC(C)OC(=O)C(=C)C. The third kappa shape index (κ3) is 13.2. The van der Waals surface area contributed by atoms with Crippen LogP contribution in [0.5, 0.6) is 0 Å². The topological polar surface area (TPSA) is 129 Å². The van der Waals surface area contributed by atoms with Gasteiger partial charge in [0.05, 0.1) is 0 Å². The number of amides is 2. The van der Waals surface area contributed by atoms with Gasteiger partial charge in [0, 0.05) is 37.1 Å². The van der Waals surface area contributed by atoms with Gasteiger partial charge in [-0.1, -0.05) is 26.5 Å². The van der Waals surface area contributed by atoms with Crippen molar-refractivity contribution in [3.8, 4) is 0 Å². The van der Waals surface area contributed by atoms with E-state index in [9.17, 15) is 19.2 Å². The summed E-state index contributed by atoms with van der Waals surface area (Å²) in [6.45, 7) is 18.9. The number of hydrogen-bond acceptors (Lipinski definition) is 8. The molecule has 0 aliphatic rings. The highest BCUT2D eigenvalue weighted by atomic mass is 16.7. The van der Waals surface area contributed by atoms with Crippen LogP contribution in [0.15, 0.2) is 24.3 Å². The van der Waals surface area contributed by atoms with Crippen LogP contribution in [0.3, 0.4) is 0 Å². The average Bonchev–Trinajstić information content (AvgIpc) is 2.66. The summed E-state index contributed by atoms with van der Waals surface area (Å²) in [6, 6.07) is 0. The molecule has 0 aliphatic carbocycles. The van der Waals surface area contributed by atoms with Crippen molar-refractivity contribution in [2.45, 2.75) is 85.8 Å². The molecule has 0 saturated heterocycles. The van der Waals surface area contributed by atoms with Crippen molar-refractivity contribution >= 4 is 24.1 Å². The van der Waals surface area contributed by atoms with E-state index < -0.39 is 42.2 Å². The van der Waals surface area contributed by atoms with Crippen molar-refractivity contribution in [2.75, 3.05) is 6.54 Å². The molecule has 0 aliphatic heterocycles. The summed E-state index contributed by atoms with van der Waals surface area (Å²) >= 11 is 0. The maximum absolute atomic E-state index is 12.1. The van der Waals surface area contributed by atoms with Crippen molar-refractivity contribution in [1.82, 2.24) is 10.6 Å². The molecule has 3 atom stereocenters. The van der Waals surface area contributed by atoms with Crippen LogP contribution in [-0.2, 0) is 28.5 Å². The first-order valence-corrected chi connectivity index (χ1v) is 10.8. The lowest BCUT2D eigenvalue weighted by atomic mass is 9.85. The molecular weight excluding hydrogens is 432 g/mol. The van der Waals surface area contributed by atoms with Gasteiger partial charge in [-0.15, -0.1) is 0 Å². The van der Waals surface area contributed by atoms with Gasteiger partial charge >= 0.3 is 24.1 Å². The molecule has 0 radical (unpaired) electrons. The Labute approximate surface area is 196 Å². The molecule has 0 heterocycles. The Hall–Kier alpha value is -3.04. The van der Waals surface area contributed by atoms with Crippen LogP contribution in [0.2, 0.25) is 0 Å². The van der Waals surface area contributed by atoms with Crippen molar-refractivity contribution in [3.05, 3.63) is 24.3 Å². The Morgan fingerprint density at radius 1 is 0.788 bits per heavy atom. The lowest BCUT2D eigenvalue weighted by Gasteiger charge is -2.33. The summed E-state index contributed by atoms with van der Waals surface area (Å²) in [7, 11) is 0. The minimum Gasteiger partial charge on any atom is -0.422 e. The standard InChI is InChI=1S/C23H38N2O8/c1-14(2)19(26)30-17(6)32-21(28)24-13-11-10-12-16(5)23(8,9)25-22(29)33-18(7)31-20(27)15(3)4/h16-18H,1,3,10-13H2,2,4-9H3,(H,24,28)(H,25,29). The number of carbonyl (C=O) groups excluding carboxylic acids is 4. The van der Waals surface area contributed by atoms with Crippen LogP contribution >= 0.6 is 0 Å². The Balaban J connectivity index is 4.22. The molecule has 0 saturated carbocycles. The van der Waals surface area contributed by atoms with Gasteiger partial charge in [0.1, 0.15) is 0 Å².